The van der Waals surface area contributed by atoms with Crippen molar-refractivity contribution in [1.29, 1.82) is 0 Å². The lowest BCUT2D eigenvalue weighted by atomic mass is 10.0. The SMILES string of the molecule is CNC(C)c1ccc(-c2ccc(F)c(Cl)c2)cc1. The first-order valence-electron chi connectivity index (χ1n) is 5.84. The van der Waals surface area contributed by atoms with Gasteiger partial charge in [-0.05, 0) is 42.8 Å². The molecular formula is C15H15ClFN. The molecule has 0 saturated carbocycles. The summed E-state index contributed by atoms with van der Waals surface area (Å²) in [6.45, 7) is 2.10. The second-order valence-electron chi connectivity index (χ2n) is 4.26. The van der Waals surface area contributed by atoms with Crippen molar-refractivity contribution in [2.45, 2.75) is 13.0 Å². The third-order valence-electron chi connectivity index (χ3n) is 3.10. The van der Waals surface area contributed by atoms with Crippen molar-refractivity contribution in [3.05, 3.63) is 58.9 Å². The molecule has 2 aromatic carbocycles. The molecule has 0 aromatic heterocycles. The standard InChI is InChI=1S/C15H15ClFN/c1-10(18-2)11-3-5-12(6-4-11)13-7-8-15(17)14(16)9-13/h3-10,18H,1-2H3. The first-order valence-corrected chi connectivity index (χ1v) is 6.22. The summed E-state index contributed by atoms with van der Waals surface area (Å²) in [5.41, 5.74) is 3.17. The van der Waals surface area contributed by atoms with Gasteiger partial charge in [0.25, 0.3) is 0 Å². The minimum Gasteiger partial charge on any atom is -0.313 e. The molecule has 2 rings (SSSR count). The van der Waals surface area contributed by atoms with Crippen molar-refractivity contribution in [3.8, 4) is 11.1 Å². The molecule has 2 aromatic rings. The van der Waals surface area contributed by atoms with Gasteiger partial charge >= 0.3 is 0 Å². The van der Waals surface area contributed by atoms with Gasteiger partial charge in [-0.25, -0.2) is 4.39 Å². The zero-order valence-corrected chi connectivity index (χ0v) is 11.1. The molecule has 1 atom stereocenters. The molecule has 0 spiro atoms. The van der Waals surface area contributed by atoms with Crippen molar-refractivity contribution in [2.75, 3.05) is 7.05 Å². The predicted octanol–water partition coefficient (Wildman–Crippen LogP) is 4.43. The molecule has 3 heteroatoms. The number of halogens is 2. The third-order valence-corrected chi connectivity index (χ3v) is 3.39. The number of hydrogen-bond acceptors (Lipinski definition) is 1. The van der Waals surface area contributed by atoms with Crippen LogP contribution in [0.3, 0.4) is 0 Å². The Labute approximate surface area is 112 Å². The highest BCUT2D eigenvalue weighted by atomic mass is 35.5. The lowest BCUT2D eigenvalue weighted by Gasteiger charge is -2.11. The maximum Gasteiger partial charge on any atom is 0.141 e. The van der Waals surface area contributed by atoms with Gasteiger partial charge in [-0.3, -0.25) is 0 Å². The van der Waals surface area contributed by atoms with Crippen LogP contribution in [0.2, 0.25) is 5.02 Å². The maximum atomic E-state index is 13.1. The molecule has 0 heterocycles. The van der Waals surface area contributed by atoms with E-state index in [1.807, 2.05) is 19.2 Å². The van der Waals surface area contributed by atoms with Gasteiger partial charge in [0.2, 0.25) is 0 Å². The molecule has 0 radical (unpaired) electrons. The van der Waals surface area contributed by atoms with Crippen LogP contribution in [0.15, 0.2) is 42.5 Å². The monoisotopic (exact) mass is 263 g/mol. The highest BCUT2D eigenvalue weighted by Gasteiger charge is 2.05. The fraction of sp³-hybridized carbons (Fsp3) is 0.200. The number of benzene rings is 2. The van der Waals surface area contributed by atoms with Crippen molar-refractivity contribution < 1.29 is 4.39 Å². The zero-order chi connectivity index (χ0) is 13.1. The van der Waals surface area contributed by atoms with Crippen LogP contribution in [0.1, 0.15) is 18.5 Å². The van der Waals surface area contributed by atoms with E-state index < -0.39 is 0 Å². The summed E-state index contributed by atoms with van der Waals surface area (Å²) in [5.74, 6) is -0.388. The fourth-order valence-corrected chi connectivity index (χ4v) is 1.99. The lowest BCUT2D eigenvalue weighted by molar-refractivity contribution is 0.628. The molecule has 94 valence electrons. The molecular weight excluding hydrogens is 249 g/mol. The van der Waals surface area contributed by atoms with Crippen LogP contribution < -0.4 is 5.32 Å². The van der Waals surface area contributed by atoms with E-state index in [1.165, 1.54) is 11.6 Å². The molecule has 0 bridgehead atoms. The van der Waals surface area contributed by atoms with E-state index in [0.717, 1.165) is 11.1 Å². The molecule has 1 nitrogen and oxygen atoms in total. The molecule has 0 aliphatic rings. The molecule has 1 N–H and O–H groups in total. The van der Waals surface area contributed by atoms with Crippen LogP contribution in [0.5, 0.6) is 0 Å². The first kappa shape index (κ1) is 13.1. The van der Waals surface area contributed by atoms with Gasteiger partial charge < -0.3 is 5.32 Å². The summed E-state index contributed by atoms with van der Waals surface area (Å²) >= 11 is 5.78. The van der Waals surface area contributed by atoms with E-state index in [9.17, 15) is 4.39 Å². The van der Waals surface area contributed by atoms with Crippen molar-refractivity contribution >= 4 is 11.6 Å². The van der Waals surface area contributed by atoms with E-state index in [4.69, 9.17) is 11.6 Å². The highest BCUT2D eigenvalue weighted by molar-refractivity contribution is 6.31. The summed E-state index contributed by atoms with van der Waals surface area (Å²) in [6.07, 6.45) is 0. The van der Waals surface area contributed by atoms with Gasteiger partial charge in [0.1, 0.15) is 5.82 Å². The van der Waals surface area contributed by atoms with E-state index in [-0.39, 0.29) is 10.8 Å². The van der Waals surface area contributed by atoms with E-state index in [1.54, 1.807) is 12.1 Å². The Bertz CT molecular complexity index is 537. The van der Waals surface area contributed by atoms with E-state index in [2.05, 4.69) is 24.4 Å². The Morgan fingerprint density at radius 1 is 1.06 bits per heavy atom. The predicted molar refractivity (Wildman–Crippen MR) is 74.3 cm³/mol. The smallest absolute Gasteiger partial charge is 0.141 e. The minimum absolute atomic E-state index is 0.153. The Balaban J connectivity index is 2.31. The van der Waals surface area contributed by atoms with E-state index in [0.29, 0.717) is 6.04 Å². The van der Waals surface area contributed by atoms with Gasteiger partial charge in [0.05, 0.1) is 5.02 Å². The average molecular weight is 264 g/mol. The van der Waals surface area contributed by atoms with Gasteiger partial charge in [-0.1, -0.05) is 41.9 Å². The average Bonchev–Trinajstić information content (AvgIpc) is 2.41. The molecule has 0 aliphatic carbocycles. The Morgan fingerprint density at radius 3 is 2.22 bits per heavy atom. The Kier molecular flexibility index (Phi) is 4.00. The van der Waals surface area contributed by atoms with Gasteiger partial charge in [0, 0.05) is 6.04 Å². The molecule has 0 saturated heterocycles. The maximum absolute atomic E-state index is 13.1. The molecule has 0 aliphatic heterocycles. The summed E-state index contributed by atoms with van der Waals surface area (Å²) in [7, 11) is 1.93. The van der Waals surface area contributed by atoms with Crippen LogP contribution in [0.4, 0.5) is 4.39 Å². The molecule has 1 unspecified atom stereocenters. The fourth-order valence-electron chi connectivity index (χ4n) is 1.81. The van der Waals surface area contributed by atoms with Gasteiger partial charge in [-0.2, -0.15) is 0 Å². The lowest BCUT2D eigenvalue weighted by Crippen LogP contribution is -2.11. The van der Waals surface area contributed by atoms with Crippen LogP contribution in [0, 0.1) is 5.82 Å². The van der Waals surface area contributed by atoms with Gasteiger partial charge in [-0.15, -0.1) is 0 Å². The second kappa shape index (κ2) is 5.51. The quantitative estimate of drug-likeness (QED) is 0.864. The topological polar surface area (TPSA) is 12.0 Å². The van der Waals surface area contributed by atoms with Crippen molar-refractivity contribution in [2.24, 2.45) is 0 Å². The highest BCUT2D eigenvalue weighted by Crippen LogP contribution is 2.26. The summed E-state index contributed by atoms with van der Waals surface area (Å²) in [4.78, 5) is 0. The molecule has 0 fully saturated rings. The van der Waals surface area contributed by atoms with Crippen LogP contribution in [-0.4, -0.2) is 7.05 Å². The Morgan fingerprint density at radius 2 is 1.67 bits per heavy atom. The minimum atomic E-state index is -0.388. The third kappa shape index (κ3) is 2.71. The summed E-state index contributed by atoms with van der Waals surface area (Å²) in [6, 6.07) is 13.3. The second-order valence-corrected chi connectivity index (χ2v) is 4.67. The van der Waals surface area contributed by atoms with E-state index >= 15 is 0 Å². The summed E-state index contributed by atoms with van der Waals surface area (Å²) in [5, 5.41) is 3.34. The van der Waals surface area contributed by atoms with Crippen LogP contribution >= 0.6 is 11.6 Å². The van der Waals surface area contributed by atoms with Crippen LogP contribution in [0.25, 0.3) is 11.1 Å². The molecule has 18 heavy (non-hydrogen) atoms. The van der Waals surface area contributed by atoms with Gasteiger partial charge in [0.15, 0.2) is 0 Å². The number of hydrogen-bond donors (Lipinski definition) is 1. The first-order chi connectivity index (χ1) is 8.61. The Hall–Kier alpha value is -1.38. The number of nitrogens with one attached hydrogen (secondary N) is 1. The molecule has 0 amide bonds. The van der Waals surface area contributed by atoms with Crippen molar-refractivity contribution in [3.63, 3.8) is 0 Å². The zero-order valence-electron chi connectivity index (χ0n) is 10.4. The largest absolute Gasteiger partial charge is 0.313 e. The normalized spacial score (nSPS) is 12.4. The number of rotatable bonds is 3. The van der Waals surface area contributed by atoms with Crippen LogP contribution in [-0.2, 0) is 0 Å². The summed E-state index contributed by atoms with van der Waals surface area (Å²) < 4.78 is 13.1. The van der Waals surface area contributed by atoms with Crippen molar-refractivity contribution in [1.82, 2.24) is 5.32 Å².